The number of ether oxygens (including phenoxy) is 3. The van der Waals surface area contributed by atoms with Crippen LogP contribution >= 0.6 is 0 Å². The summed E-state index contributed by atoms with van der Waals surface area (Å²) in [5.74, 6) is -0.210. The molecule has 0 unspecified atom stereocenters. The first-order chi connectivity index (χ1) is 26.0. The van der Waals surface area contributed by atoms with E-state index in [2.05, 4.69) is 137 Å². The maximum atomic E-state index is 7.52. The van der Waals surface area contributed by atoms with E-state index in [9.17, 15) is 0 Å². The molecule has 4 aliphatic rings. The molecule has 3 aliphatic heterocycles. The zero-order valence-corrected chi connectivity index (χ0v) is 40.3. The minimum atomic E-state index is -2.02. The van der Waals surface area contributed by atoms with Gasteiger partial charge in [-0.15, -0.1) is 0 Å². The standard InChI is InChI=1S/C46H82O6Si3/c1-13-54(14-2,15-3)51-42-34-43(52-55(16-4,17-5)18-6)41(40(42)28-24-19-20-25-33-46-47-35-45(10,36-48-46)37-49-46)32-31-39(50-53(11,12)44(7,8)9)30-29-38-26-22-21-23-27-38/h19,21-24,26-27,31-32,39-43H,13-18,20,25,28-30,33-37H2,1-12H3/b24-19-,32-31+/t39-,40-,41-,42+,43-,45?,46?/m1/s1. The first-order valence-electron chi connectivity index (χ1n) is 22.4. The minimum Gasteiger partial charge on any atom is -0.414 e. The Morgan fingerprint density at radius 3 is 1.87 bits per heavy atom. The summed E-state index contributed by atoms with van der Waals surface area (Å²) in [6, 6.07) is 17.9. The van der Waals surface area contributed by atoms with Crippen LogP contribution in [0.4, 0.5) is 0 Å². The Bertz CT molecular complexity index is 1290. The Morgan fingerprint density at radius 1 is 0.800 bits per heavy atom. The van der Waals surface area contributed by atoms with Crippen molar-refractivity contribution in [1.82, 2.24) is 0 Å². The van der Waals surface area contributed by atoms with Gasteiger partial charge in [-0.1, -0.05) is 124 Å². The van der Waals surface area contributed by atoms with Gasteiger partial charge in [-0.25, -0.2) is 0 Å². The number of hydrogen-bond donors (Lipinski definition) is 0. The van der Waals surface area contributed by atoms with E-state index in [0.717, 1.165) is 81.2 Å². The van der Waals surface area contributed by atoms with E-state index in [1.54, 1.807) is 0 Å². The fourth-order valence-electron chi connectivity index (χ4n) is 8.65. The van der Waals surface area contributed by atoms with Gasteiger partial charge in [0, 0.05) is 17.8 Å². The Morgan fingerprint density at radius 2 is 1.35 bits per heavy atom. The van der Waals surface area contributed by atoms with Crippen molar-refractivity contribution in [2.45, 2.75) is 193 Å². The summed E-state index contributed by atoms with van der Waals surface area (Å²) in [4.78, 5) is 0. The van der Waals surface area contributed by atoms with Crippen molar-refractivity contribution in [2.24, 2.45) is 17.3 Å². The van der Waals surface area contributed by atoms with Crippen LogP contribution in [0.3, 0.4) is 0 Å². The monoisotopic (exact) mass is 815 g/mol. The van der Waals surface area contributed by atoms with E-state index in [4.69, 9.17) is 27.5 Å². The van der Waals surface area contributed by atoms with Crippen LogP contribution in [0.15, 0.2) is 54.6 Å². The summed E-state index contributed by atoms with van der Waals surface area (Å²) in [5, 5.41) is 0.138. The summed E-state index contributed by atoms with van der Waals surface area (Å²) in [7, 11) is -5.76. The van der Waals surface area contributed by atoms with E-state index < -0.39 is 30.9 Å². The molecule has 0 radical (unpaired) electrons. The van der Waals surface area contributed by atoms with Gasteiger partial charge in [-0.2, -0.15) is 0 Å². The molecule has 0 aromatic heterocycles. The number of allylic oxidation sites excluding steroid dienone is 2. The van der Waals surface area contributed by atoms with E-state index >= 15 is 0 Å². The van der Waals surface area contributed by atoms with Crippen LogP contribution < -0.4 is 0 Å². The molecule has 0 amide bonds. The molecule has 3 saturated heterocycles. The number of hydrogen-bond acceptors (Lipinski definition) is 6. The number of benzene rings is 1. The van der Waals surface area contributed by atoms with Gasteiger partial charge in [-0.3, -0.25) is 0 Å². The van der Waals surface area contributed by atoms with Crippen LogP contribution in [-0.4, -0.2) is 69.1 Å². The van der Waals surface area contributed by atoms with Crippen molar-refractivity contribution in [3.8, 4) is 0 Å². The average Bonchev–Trinajstić information content (AvgIpc) is 3.49. The van der Waals surface area contributed by atoms with Gasteiger partial charge in [0.25, 0.3) is 5.97 Å². The molecule has 3 heterocycles. The normalized spacial score (nSPS) is 28.5. The van der Waals surface area contributed by atoms with Gasteiger partial charge in [0.2, 0.25) is 0 Å². The quantitative estimate of drug-likeness (QED) is 0.0623. The number of fused-ring (bicyclic) bond motifs is 3. The molecule has 55 heavy (non-hydrogen) atoms. The molecule has 9 heteroatoms. The maximum Gasteiger partial charge on any atom is 0.282 e. The Kier molecular flexibility index (Phi) is 17.3. The number of unbranched alkanes of at least 4 members (excludes halogenated alkanes) is 1. The Balaban J connectivity index is 1.63. The summed E-state index contributed by atoms with van der Waals surface area (Å²) < 4.78 is 40.5. The highest BCUT2D eigenvalue weighted by molar-refractivity contribution is 6.74. The Hall–Kier alpha value is -0.889. The molecule has 1 aromatic carbocycles. The molecule has 314 valence electrons. The lowest BCUT2D eigenvalue weighted by molar-refractivity contribution is -0.467. The van der Waals surface area contributed by atoms with Crippen LogP contribution in [0.2, 0.25) is 54.4 Å². The summed E-state index contributed by atoms with van der Waals surface area (Å²) in [5.41, 5.74) is 1.37. The molecule has 0 N–H and O–H groups in total. The van der Waals surface area contributed by atoms with Crippen molar-refractivity contribution in [1.29, 1.82) is 0 Å². The van der Waals surface area contributed by atoms with Gasteiger partial charge in [0.1, 0.15) is 0 Å². The lowest BCUT2D eigenvalue weighted by Crippen LogP contribution is -2.58. The van der Waals surface area contributed by atoms with Crippen molar-refractivity contribution < 1.29 is 27.5 Å². The fraction of sp³-hybridized carbons (Fsp3) is 0.783. The second-order valence-electron chi connectivity index (χ2n) is 19.1. The van der Waals surface area contributed by atoms with E-state index in [1.165, 1.54) is 5.56 Å². The van der Waals surface area contributed by atoms with Crippen molar-refractivity contribution in [2.75, 3.05) is 19.8 Å². The third kappa shape index (κ3) is 12.3. The first kappa shape index (κ1) is 46.8. The predicted molar refractivity (Wildman–Crippen MR) is 238 cm³/mol. The molecule has 1 aliphatic carbocycles. The number of aryl methyl sites for hydroxylation is 1. The van der Waals surface area contributed by atoms with Crippen molar-refractivity contribution in [3.05, 3.63) is 60.2 Å². The van der Waals surface area contributed by atoms with Gasteiger partial charge in [-0.05, 0) is 104 Å². The van der Waals surface area contributed by atoms with Gasteiger partial charge in [0.05, 0.1) is 38.1 Å². The molecular formula is C46H82O6Si3. The van der Waals surface area contributed by atoms with Gasteiger partial charge >= 0.3 is 0 Å². The summed E-state index contributed by atoms with van der Waals surface area (Å²) in [6.45, 7) is 30.4. The predicted octanol–water partition coefficient (Wildman–Crippen LogP) is 12.8. The molecule has 0 spiro atoms. The lowest BCUT2D eigenvalue weighted by atomic mass is 9.89. The van der Waals surface area contributed by atoms with E-state index in [0.29, 0.717) is 25.7 Å². The molecule has 6 nitrogen and oxygen atoms in total. The average molecular weight is 815 g/mol. The zero-order chi connectivity index (χ0) is 40.4. The molecule has 5 rings (SSSR count). The summed E-state index contributed by atoms with van der Waals surface area (Å²) >= 11 is 0. The molecule has 2 bridgehead atoms. The SMILES string of the molecule is CC[Si](CC)(CC)O[C@H]1C[C@@H](O[Si](CC)(CC)CC)[C@H](/C=C/[C@@H](CCc2ccccc2)O[Si](C)(C)C(C)(C)C)[C@H]1C/C=C\CCCC12OCC(C)(CO1)CO2. The van der Waals surface area contributed by atoms with Crippen LogP contribution in [0, 0.1) is 17.3 Å². The minimum absolute atomic E-state index is 0.00577. The zero-order valence-electron chi connectivity index (χ0n) is 37.3. The van der Waals surface area contributed by atoms with Crippen molar-refractivity contribution >= 4 is 25.0 Å². The van der Waals surface area contributed by atoms with Crippen LogP contribution in [0.1, 0.15) is 113 Å². The molecule has 1 saturated carbocycles. The van der Waals surface area contributed by atoms with Crippen LogP contribution in [0.5, 0.6) is 0 Å². The topological polar surface area (TPSA) is 55.4 Å². The highest BCUT2D eigenvalue weighted by atomic mass is 28.4. The smallest absolute Gasteiger partial charge is 0.282 e. The third-order valence-electron chi connectivity index (χ3n) is 14.2. The first-order valence-corrected chi connectivity index (χ1v) is 30.3. The number of rotatable bonds is 23. The van der Waals surface area contributed by atoms with Gasteiger partial charge in [0.15, 0.2) is 25.0 Å². The van der Waals surface area contributed by atoms with Crippen LogP contribution in [-0.2, 0) is 33.9 Å². The van der Waals surface area contributed by atoms with E-state index in [-0.39, 0.29) is 34.7 Å². The Labute approximate surface area is 341 Å². The largest absolute Gasteiger partial charge is 0.414 e. The second-order valence-corrected chi connectivity index (χ2v) is 33.3. The second kappa shape index (κ2) is 20.4. The molecule has 5 atom stereocenters. The molecular weight excluding hydrogens is 733 g/mol. The highest BCUT2D eigenvalue weighted by Gasteiger charge is 2.50. The highest BCUT2D eigenvalue weighted by Crippen LogP contribution is 2.45. The molecule has 1 aromatic rings. The van der Waals surface area contributed by atoms with Crippen LogP contribution in [0.25, 0.3) is 0 Å². The lowest BCUT2D eigenvalue weighted by Gasteiger charge is -2.50. The maximum absolute atomic E-state index is 7.52. The van der Waals surface area contributed by atoms with Crippen molar-refractivity contribution in [3.63, 3.8) is 0 Å². The van der Waals surface area contributed by atoms with Gasteiger partial charge < -0.3 is 27.5 Å². The summed E-state index contributed by atoms with van der Waals surface area (Å²) in [6.07, 6.45) is 16.9. The fourth-order valence-corrected chi connectivity index (χ4v) is 15.8. The molecule has 4 fully saturated rings. The third-order valence-corrected chi connectivity index (χ3v) is 28.1. The van der Waals surface area contributed by atoms with E-state index in [1.807, 2.05) is 0 Å².